The summed E-state index contributed by atoms with van der Waals surface area (Å²) in [5.41, 5.74) is 1.08. The van der Waals surface area contributed by atoms with Crippen LogP contribution in [0.2, 0.25) is 0 Å². The third kappa shape index (κ3) is 4.93. The number of pyridine rings is 1. The van der Waals surface area contributed by atoms with Crippen LogP contribution in [0.25, 0.3) is 0 Å². The standard InChI is InChI=1S/C18H21N3O3S/c1-21(16-4-2-3-9-19-16)10-11-24-14-7-5-13(6-8-14)12-15-17(22)20-18(23)25-15/h2-7,9,14-15H,8,10-12H2,1H3,(H,20,22,23). The number of hydrogen-bond acceptors (Lipinski definition) is 6. The topological polar surface area (TPSA) is 71.5 Å². The van der Waals surface area contributed by atoms with E-state index in [2.05, 4.69) is 21.3 Å². The second kappa shape index (κ2) is 8.31. The summed E-state index contributed by atoms with van der Waals surface area (Å²) in [4.78, 5) is 29.2. The molecule has 0 spiro atoms. The van der Waals surface area contributed by atoms with Gasteiger partial charge in [0.15, 0.2) is 0 Å². The van der Waals surface area contributed by atoms with E-state index in [0.29, 0.717) is 13.0 Å². The Hall–Kier alpha value is -2.12. The molecule has 1 saturated heterocycles. The van der Waals surface area contributed by atoms with Gasteiger partial charge in [-0.05, 0) is 25.0 Å². The minimum Gasteiger partial charge on any atom is -0.372 e. The Morgan fingerprint density at radius 1 is 1.40 bits per heavy atom. The van der Waals surface area contributed by atoms with E-state index in [4.69, 9.17) is 4.74 Å². The molecule has 0 aromatic carbocycles. The minimum atomic E-state index is -0.312. The number of nitrogens with one attached hydrogen (secondary N) is 1. The highest BCUT2D eigenvalue weighted by Crippen LogP contribution is 2.27. The summed E-state index contributed by atoms with van der Waals surface area (Å²) in [6.45, 7) is 1.37. The second-order valence-electron chi connectivity index (χ2n) is 5.98. The van der Waals surface area contributed by atoms with Crippen molar-refractivity contribution >= 4 is 28.7 Å². The molecule has 1 aromatic rings. The summed E-state index contributed by atoms with van der Waals surface area (Å²) in [7, 11) is 1.99. The Bertz CT molecular complexity index is 690. The van der Waals surface area contributed by atoms with Gasteiger partial charge in [0.1, 0.15) is 5.82 Å². The molecule has 7 heteroatoms. The molecular formula is C18H21N3O3S. The average Bonchev–Trinajstić information content (AvgIpc) is 2.94. The molecule has 2 amide bonds. The van der Waals surface area contributed by atoms with Crippen molar-refractivity contribution in [2.75, 3.05) is 25.1 Å². The number of anilines is 1. The van der Waals surface area contributed by atoms with Crippen molar-refractivity contribution in [1.29, 1.82) is 0 Å². The Kier molecular flexibility index (Phi) is 5.88. The van der Waals surface area contributed by atoms with Crippen molar-refractivity contribution in [3.8, 4) is 0 Å². The lowest BCUT2D eigenvalue weighted by atomic mass is 10.0. The highest BCUT2D eigenvalue weighted by molar-refractivity contribution is 8.15. The first-order valence-corrected chi connectivity index (χ1v) is 9.12. The predicted octanol–water partition coefficient (Wildman–Crippen LogP) is 2.53. The Labute approximate surface area is 151 Å². The number of carbonyl (C=O) groups excluding carboxylic acids is 2. The van der Waals surface area contributed by atoms with Crippen LogP contribution in [0.1, 0.15) is 12.8 Å². The third-order valence-corrected chi connectivity index (χ3v) is 5.11. The molecule has 1 fully saturated rings. The van der Waals surface area contributed by atoms with Gasteiger partial charge in [0.2, 0.25) is 5.91 Å². The normalized spacial score (nSPS) is 22.7. The maximum absolute atomic E-state index is 11.6. The van der Waals surface area contributed by atoms with E-state index in [1.807, 2.05) is 37.4 Å². The number of carbonyl (C=O) groups is 2. The van der Waals surface area contributed by atoms with Crippen molar-refractivity contribution in [2.45, 2.75) is 24.2 Å². The summed E-state index contributed by atoms with van der Waals surface area (Å²) >= 11 is 1.07. The molecule has 132 valence electrons. The molecule has 0 bridgehead atoms. The first kappa shape index (κ1) is 17.7. The number of amides is 2. The highest BCUT2D eigenvalue weighted by atomic mass is 32.2. The number of nitrogens with zero attached hydrogens (tertiary/aromatic N) is 2. The minimum absolute atomic E-state index is 0.0487. The lowest BCUT2D eigenvalue weighted by molar-refractivity contribution is -0.118. The van der Waals surface area contributed by atoms with Crippen molar-refractivity contribution in [3.05, 3.63) is 48.2 Å². The zero-order valence-corrected chi connectivity index (χ0v) is 14.9. The van der Waals surface area contributed by atoms with Crippen LogP contribution in [0.4, 0.5) is 10.6 Å². The molecule has 1 aromatic heterocycles. The summed E-state index contributed by atoms with van der Waals surface area (Å²) < 4.78 is 5.89. The van der Waals surface area contributed by atoms with E-state index in [1.165, 1.54) is 0 Å². The first-order valence-electron chi connectivity index (χ1n) is 8.24. The molecule has 6 nitrogen and oxygen atoms in total. The zero-order chi connectivity index (χ0) is 17.6. The van der Waals surface area contributed by atoms with Gasteiger partial charge in [0.05, 0.1) is 18.0 Å². The Morgan fingerprint density at radius 3 is 2.92 bits per heavy atom. The van der Waals surface area contributed by atoms with Gasteiger partial charge in [0.25, 0.3) is 5.24 Å². The van der Waals surface area contributed by atoms with Crippen molar-refractivity contribution in [2.24, 2.45) is 0 Å². The van der Waals surface area contributed by atoms with Crippen LogP contribution in [0.15, 0.2) is 48.2 Å². The van der Waals surface area contributed by atoms with Crippen molar-refractivity contribution in [1.82, 2.24) is 10.3 Å². The maximum atomic E-state index is 11.6. The molecule has 25 heavy (non-hydrogen) atoms. The number of thioether (sulfide) groups is 1. The molecule has 2 atom stereocenters. The Balaban J connectivity index is 1.39. The van der Waals surface area contributed by atoms with Crippen LogP contribution in [0, 0.1) is 0 Å². The quantitative estimate of drug-likeness (QED) is 0.807. The van der Waals surface area contributed by atoms with Gasteiger partial charge in [-0.1, -0.05) is 41.6 Å². The molecule has 2 unspecified atom stereocenters. The lowest BCUT2D eigenvalue weighted by Gasteiger charge is -2.21. The fraction of sp³-hybridized carbons (Fsp3) is 0.389. The van der Waals surface area contributed by atoms with Gasteiger partial charge in [-0.2, -0.15) is 0 Å². The number of imide groups is 1. The van der Waals surface area contributed by atoms with Gasteiger partial charge in [-0.25, -0.2) is 4.98 Å². The Morgan fingerprint density at radius 2 is 2.28 bits per heavy atom. The molecular weight excluding hydrogens is 338 g/mol. The molecule has 0 saturated carbocycles. The smallest absolute Gasteiger partial charge is 0.286 e. The summed E-state index contributed by atoms with van der Waals surface area (Å²) in [6.07, 6.45) is 9.29. The number of ether oxygens (including phenoxy) is 1. The third-order valence-electron chi connectivity index (χ3n) is 4.12. The van der Waals surface area contributed by atoms with Crippen LogP contribution >= 0.6 is 11.8 Å². The van der Waals surface area contributed by atoms with E-state index in [-0.39, 0.29) is 22.5 Å². The van der Waals surface area contributed by atoms with Crippen LogP contribution in [-0.2, 0) is 9.53 Å². The summed E-state index contributed by atoms with van der Waals surface area (Å²) in [5, 5.41) is 1.75. The van der Waals surface area contributed by atoms with E-state index < -0.39 is 0 Å². The monoisotopic (exact) mass is 359 g/mol. The van der Waals surface area contributed by atoms with Gasteiger partial charge in [-0.3, -0.25) is 14.9 Å². The predicted molar refractivity (Wildman–Crippen MR) is 98.6 cm³/mol. The summed E-state index contributed by atoms with van der Waals surface area (Å²) in [6, 6.07) is 5.83. The van der Waals surface area contributed by atoms with Crippen LogP contribution in [-0.4, -0.2) is 47.7 Å². The van der Waals surface area contributed by atoms with Crippen LogP contribution < -0.4 is 10.2 Å². The zero-order valence-electron chi connectivity index (χ0n) is 14.1. The van der Waals surface area contributed by atoms with Gasteiger partial charge in [-0.15, -0.1) is 0 Å². The lowest BCUT2D eigenvalue weighted by Crippen LogP contribution is -2.26. The maximum Gasteiger partial charge on any atom is 0.286 e. The number of rotatable bonds is 7. The molecule has 2 heterocycles. The largest absolute Gasteiger partial charge is 0.372 e. The first-order chi connectivity index (χ1) is 12.1. The second-order valence-corrected chi connectivity index (χ2v) is 7.16. The number of hydrogen-bond donors (Lipinski definition) is 1. The van der Waals surface area contributed by atoms with E-state index in [9.17, 15) is 9.59 Å². The van der Waals surface area contributed by atoms with Gasteiger partial charge < -0.3 is 9.64 Å². The average molecular weight is 359 g/mol. The van der Waals surface area contributed by atoms with E-state index >= 15 is 0 Å². The van der Waals surface area contributed by atoms with Crippen LogP contribution in [0.3, 0.4) is 0 Å². The highest BCUT2D eigenvalue weighted by Gasteiger charge is 2.31. The van der Waals surface area contributed by atoms with E-state index in [1.54, 1.807) is 6.20 Å². The molecule has 0 radical (unpaired) electrons. The van der Waals surface area contributed by atoms with Gasteiger partial charge in [0, 0.05) is 19.8 Å². The molecule has 2 aliphatic rings. The number of likely N-dealkylation sites (N-methyl/N-ethyl adjacent to an activating group) is 1. The SMILES string of the molecule is CN(CCOC1C=CC(CC2SC(=O)NC2=O)=CC1)c1ccccn1. The van der Waals surface area contributed by atoms with E-state index in [0.717, 1.165) is 36.1 Å². The molecule has 3 rings (SSSR count). The van der Waals surface area contributed by atoms with Crippen molar-refractivity contribution < 1.29 is 14.3 Å². The molecule has 1 N–H and O–H groups in total. The van der Waals surface area contributed by atoms with Crippen molar-refractivity contribution in [3.63, 3.8) is 0 Å². The van der Waals surface area contributed by atoms with Gasteiger partial charge >= 0.3 is 0 Å². The van der Waals surface area contributed by atoms with Crippen LogP contribution in [0.5, 0.6) is 0 Å². The fourth-order valence-electron chi connectivity index (χ4n) is 2.70. The molecule has 1 aliphatic carbocycles. The summed E-state index contributed by atoms with van der Waals surface area (Å²) in [5.74, 6) is 0.731. The number of allylic oxidation sites excluding steroid dienone is 2. The fourth-order valence-corrected chi connectivity index (χ4v) is 3.56. The molecule has 1 aliphatic heterocycles. The number of aromatic nitrogens is 1.